The molecule has 2 heterocycles. The van der Waals surface area contributed by atoms with Gasteiger partial charge < -0.3 is 19.8 Å². The molecule has 2 N–H and O–H groups in total. The second-order valence-corrected chi connectivity index (χ2v) is 7.25. The third kappa shape index (κ3) is 3.84. The van der Waals surface area contributed by atoms with Crippen LogP contribution in [0.2, 0.25) is 0 Å². The predicted molar refractivity (Wildman–Crippen MR) is 105 cm³/mol. The number of ether oxygens (including phenoxy) is 2. The molecule has 0 radical (unpaired) electrons. The third-order valence-electron chi connectivity index (χ3n) is 5.55. The lowest BCUT2D eigenvalue weighted by atomic mass is 9.74. The van der Waals surface area contributed by atoms with Crippen molar-refractivity contribution in [3.8, 4) is 5.75 Å². The Morgan fingerprint density at radius 1 is 1.15 bits per heavy atom. The summed E-state index contributed by atoms with van der Waals surface area (Å²) in [5.41, 5.74) is 3.19. The Kier molecular flexibility index (Phi) is 5.14. The number of benzene rings is 2. The Balaban J connectivity index is 1.48. The molecule has 3 aromatic rings. The maximum Gasteiger partial charge on any atom is 0.123 e. The highest BCUT2D eigenvalue weighted by molar-refractivity contribution is 5.81. The molecular weight excluding hydrogens is 343 g/mol. The van der Waals surface area contributed by atoms with Crippen molar-refractivity contribution in [2.75, 3.05) is 26.9 Å². The normalized spacial score (nSPS) is 16.5. The van der Waals surface area contributed by atoms with Crippen molar-refractivity contribution in [1.82, 2.24) is 10.3 Å². The number of rotatable bonds is 6. The molecule has 0 bridgehead atoms. The monoisotopic (exact) mass is 368 g/mol. The van der Waals surface area contributed by atoms with E-state index in [0.29, 0.717) is 13.2 Å². The summed E-state index contributed by atoms with van der Waals surface area (Å²) in [4.78, 5) is 3.44. The number of hydrogen-bond donors (Lipinski definition) is 2. The van der Waals surface area contributed by atoms with Gasteiger partial charge in [-0.1, -0.05) is 12.1 Å². The van der Waals surface area contributed by atoms with Crippen LogP contribution >= 0.6 is 0 Å². The van der Waals surface area contributed by atoms with E-state index in [1.165, 1.54) is 6.07 Å². The Bertz CT molecular complexity index is 916. The van der Waals surface area contributed by atoms with Crippen molar-refractivity contribution in [2.24, 2.45) is 0 Å². The lowest BCUT2D eigenvalue weighted by molar-refractivity contribution is 0.0496. The zero-order valence-corrected chi connectivity index (χ0v) is 15.6. The van der Waals surface area contributed by atoms with Crippen LogP contribution < -0.4 is 10.1 Å². The first kappa shape index (κ1) is 18.0. The summed E-state index contributed by atoms with van der Waals surface area (Å²) >= 11 is 0. The van der Waals surface area contributed by atoms with Gasteiger partial charge in [-0.15, -0.1) is 0 Å². The van der Waals surface area contributed by atoms with Crippen molar-refractivity contribution >= 4 is 10.9 Å². The Morgan fingerprint density at radius 3 is 2.78 bits per heavy atom. The van der Waals surface area contributed by atoms with E-state index < -0.39 is 0 Å². The highest BCUT2D eigenvalue weighted by Gasteiger charge is 2.34. The summed E-state index contributed by atoms with van der Waals surface area (Å²) in [6.07, 6.45) is 1.79. The molecule has 1 aliphatic rings. The van der Waals surface area contributed by atoms with E-state index in [1.54, 1.807) is 19.2 Å². The van der Waals surface area contributed by atoms with Gasteiger partial charge in [-0.3, -0.25) is 0 Å². The lowest BCUT2D eigenvalue weighted by Crippen LogP contribution is -2.42. The molecule has 0 saturated carbocycles. The lowest BCUT2D eigenvalue weighted by Gasteiger charge is -2.38. The van der Waals surface area contributed by atoms with Crippen LogP contribution in [0.3, 0.4) is 0 Å². The van der Waals surface area contributed by atoms with E-state index in [0.717, 1.165) is 53.8 Å². The van der Waals surface area contributed by atoms with Gasteiger partial charge in [0.15, 0.2) is 0 Å². The number of aromatic amines is 1. The van der Waals surface area contributed by atoms with E-state index in [4.69, 9.17) is 9.47 Å². The second kappa shape index (κ2) is 7.71. The average Bonchev–Trinajstić information content (AvgIpc) is 3.10. The summed E-state index contributed by atoms with van der Waals surface area (Å²) in [6.45, 7) is 2.95. The second-order valence-electron chi connectivity index (χ2n) is 7.25. The fraction of sp³-hybridized carbons (Fsp3) is 0.364. The van der Waals surface area contributed by atoms with E-state index in [2.05, 4.69) is 16.4 Å². The van der Waals surface area contributed by atoms with Crippen molar-refractivity contribution in [1.29, 1.82) is 0 Å². The van der Waals surface area contributed by atoms with E-state index in [-0.39, 0.29) is 11.2 Å². The van der Waals surface area contributed by atoms with Gasteiger partial charge in [0.2, 0.25) is 0 Å². The summed E-state index contributed by atoms with van der Waals surface area (Å²) in [5, 5.41) is 4.72. The van der Waals surface area contributed by atoms with Crippen molar-refractivity contribution < 1.29 is 13.9 Å². The van der Waals surface area contributed by atoms with Gasteiger partial charge in [0.25, 0.3) is 0 Å². The van der Waals surface area contributed by atoms with Crippen LogP contribution in [0.15, 0.2) is 48.5 Å². The van der Waals surface area contributed by atoms with E-state index in [9.17, 15) is 4.39 Å². The summed E-state index contributed by atoms with van der Waals surface area (Å²) in [6, 6.07) is 15.2. The first-order valence-corrected chi connectivity index (χ1v) is 9.39. The minimum absolute atomic E-state index is 0.0877. The van der Waals surface area contributed by atoms with Crippen LogP contribution in [-0.4, -0.2) is 31.9 Å². The summed E-state index contributed by atoms with van der Waals surface area (Å²) in [7, 11) is 1.68. The van der Waals surface area contributed by atoms with Crippen LogP contribution in [0.25, 0.3) is 10.9 Å². The highest BCUT2D eigenvalue weighted by atomic mass is 19.1. The average molecular weight is 368 g/mol. The maximum atomic E-state index is 13.8. The number of halogens is 1. The zero-order valence-electron chi connectivity index (χ0n) is 15.6. The summed E-state index contributed by atoms with van der Waals surface area (Å²) < 4.78 is 24.6. The standard InChI is InChI=1S/C22H25FN2O2/c1-26-20-5-6-21-16(12-20)11-19(25-21)14-24-15-22(7-9-27-10-8-22)17-3-2-4-18(23)13-17/h2-6,11-13,24-25H,7-10,14-15H2,1H3. The molecule has 4 rings (SSSR count). The molecule has 4 nitrogen and oxygen atoms in total. The molecule has 1 fully saturated rings. The molecular formula is C22H25FN2O2. The molecule has 27 heavy (non-hydrogen) atoms. The molecule has 2 aromatic carbocycles. The Morgan fingerprint density at radius 2 is 2.00 bits per heavy atom. The topological polar surface area (TPSA) is 46.3 Å². The van der Waals surface area contributed by atoms with Gasteiger partial charge in [-0.05, 0) is 54.8 Å². The Labute approximate surface area is 158 Å². The molecule has 5 heteroatoms. The highest BCUT2D eigenvalue weighted by Crippen LogP contribution is 2.34. The maximum absolute atomic E-state index is 13.8. The quantitative estimate of drug-likeness (QED) is 0.687. The van der Waals surface area contributed by atoms with Crippen molar-refractivity contribution in [2.45, 2.75) is 24.8 Å². The van der Waals surface area contributed by atoms with E-state index >= 15 is 0 Å². The van der Waals surface area contributed by atoms with Gasteiger partial charge >= 0.3 is 0 Å². The van der Waals surface area contributed by atoms with Crippen LogP contribution in [0.1, 0.15) is 24.1 Å². The molecule has 1 aromatic heterocycles. The van der Waals surface area contributed by atoms with Gasteiger partial charge in [0.1, 0.15) is 11.6 Å². The fourth-order valence-electron chi connectivity index (χ4n) is 3.98. The first-order valence-electron chi connectivity index (χ1n) is 9.39. The van der Waals surface area contributed by atoms with Crippen molar-refractivity contribution in [3.63, 3.8) is 0 Å². The molecule has 1 aliphatic heterocycles. The van der Waals surface area contributed by atoms with Crippen LogP contribution in [0.5, 0.6) is 5.75 Å². The number of methoxy groups -OCH3 is 1. The number of nitrogens with one attached hydrogen (secondary N) is 2. The van der Waals surface area contributed by atoms with Gasteiger partial charge in [-0.2, -0.15) is 0 Å². The van der Waals surface area contributed by atoms with E-state index in [1.807, 2.05) is 24.3 Å². The SMILES string of the molecule is COc1ccc2[nH]c(CNCC3(c4cccc(F)c4)CCOCC3)cc2c1. The predicted octanol–water partition coefficient (Wildman–Crippen LogP) is 4.15. The fourth-order valence-corrected chi connectivity index (χ4v) is 3.98. The van der Waals surface area contributed by atoms with Crippen LogP contribution in [-0.2, 0) is 16.7 Å². The molecule has 0 unspecified atom stereocenters. The molecule has 0 atom stereocenters. The summed E-state index contributed by atoms with van der Waals surface area (Å²) in [5.74, 6) is 0.677. The minimum atomic E-state index is -0.178. The first-order chi connectivity index (χ1) is 13.2. The molecule has 0 amide bonds. The zero-order chi connectivity index (χ0) is 18.7. The molecule has 0 spiro atoms. The van der Waals surface area contributed by atoms with Gasteiger partial charge in [0, 0.05) is 48.3 Å². The number of fused-ring (bicyclic) bond motifs is 1. The van der Waals surface area contributed by atoms with Crippen LogP contribution in [0.4, 0.5) is 4.39 Å². The molecule has 1 saturated heterocycles. The third-order valence-corrected chi connectivity index (χ3v) is 5.55. The van der Waals surface area contributed by atoms with Crippen molar-refractivity contribution in [3.05, 3.63) is 65.6 Å². The minimum Gasteiger partial charge on any atom is -0.497 e. The Hall–Kier alpha value is -2.37. The largest absolute Gasteiger partial charge is 0.497 e. The molecule has 0 aliphatic carbocycles. The molecule has 142 valence electrons. The smallest absolute Gasteiger partial charge is 0.123 e. The van der Waals surface area contributed by atoms with Crippen LogP contribution in [0, 0.1) is 5.82 Å². The van der Waals surface area contributed by atoms with Gasteiger partial charge in [-0.25, -0.2) is 4.39 Å². The van der Waals surface area contributed by atoms with Gasteiger partial charge in [0.05, 0.1) is 7.11 Å². The number of aromatic nitrogens is 1. The number of hydrogen-bond acceptors (Lipinski definition) is 3. The number of H-pyrrole nitrogens is 1.